The van der Waals surface area contributed by atoms with Gasteiger partial charge in [-0.25, -0.2) is 8.42 Å². The molecule has 0 fully saturated rings. The second-order valence-corrected chi connectivity index (χ2v) is 8.76. The van der Waals surface area contributed by atoms with Gasteiger partial charge in [0.25, 0.3) is 0 Å². The number of carbonyl (C=O) groups is 1. The number of rotatable bonds is 7. The molecule has 0 aliphatic carbocycles. The number of hydrogen-bond donors (Lipinski definition) is 1. The first kappa shape index (κ1) is 21.0. The molecular formula is C21H28N2O3S. The zero-order valence-corrected chi connectivity index (χ0v) is 17.4. The first-order chi connectivity index (χ1) is 12.6. The largest absolute Gasteiger partial charge is 0.348 e. The van der Waals surface area contributed by atoms with Gasteiger partial charge in [0, 0.05) is 0 Å². The number of hydrogen-bond acceptors (Lipinski definition) is 3. The van der Waals surface area contributed by atoms with Crippen molar-refractivity contribution in [2.45, 2.75) is 46.2 Å². The Hall–Kier alpha value is -2.34. The monoisotopic (exact) mass is 388 g/mol. The summed E-state index contributed by atoms with van der Waals surface area (Å²) in [5.41, 5.74) is 3.71. The number of amides is 1. The topological polar surface area (TPSA) is 66.5 Å². The van der Waals surface area contributed by atoms with Gasteiger partial charge in [-0.2, -0.15) is 0 Å². The molecule has 6 heteroatoms. The molecule has 0 saturated heterocycles. The van der Waals surface area contributed by atoms with E-state index in [1.165, 1.54) is 5.56 Å². The third-order valence-corrected chi connectivity index (χ3v) is 5.87. The third-order valence-electron chi connectivity index (χ3n) is 4.62. The van der Waals surface area contributed by atoms with Crippen molar-refractivity contribution in [3.05, 3.63) is 65.2 Å². The molecule has 0 bridgehead atoms. The van der Waals surface area contributed by atoms with E-state index in [9.17, 15) is 13.2 Å². The van der Waals surface area contributed by atoms with Gasteiger partial charge >= 0.3 is 0 Å². The van der Waals surface area contributed by atoms with E-state index in [2.05, 4.69) is 12.2 Å². The molecule has 0 unspecified atom stereocenters. The Kier molecular flexibility index (Phi) is 6.65. The van der Waals surface area contributed by atoms with Crippen LogP contribution < -0.4 is 9.62 Å². The van der Waals surface area contributed by atoms with Crippen molar-refractivity contribution in [2.75, 3.05) is 10.6 Å². The van der Waals surface area contributed by atoms with Crippen molar-refractivity contribution in [1.82, 2.24) is 5.32 Å². The minimum atomic E-state index is -3.61. The molecule has 2 atom stereocenters. The van der Waals surface area contributed by atoms with Gasteiger partial charge in [-0.15, -0.1) is 0 Å². The van der Waals surface area contributed by atoms with Crippen LogP contribution >= 0.6 is 0 Å². The lowest BCUT2D eigenvalue weighted by Gasteiger charge is -2.29. The normalized spacial score (nSPS) is 13.7. The van der Waals surface area contributed by atoms with E-state index in [4.69, 9.17) is 0 Å². The fraction of sp³-hybridized carbons (Fsp3) is 0.381. The Morgan fingerprint density at radius 3 is 2.07 bits per heavy atom. The van der Waals surface area contributed by atoms with Crippen molar-refractivity contribution < 1.29 is 13.2 Å². The maximum atomic E-state index is 12.8. The highest BCUT2D eigenvalue weighted by molar-refractivity contribution is 7.92. The Morgan fingerprint density at radius 2 is 1.59 bits per heavy atom. The molecule has 0 aliphatic rings. The summed E-state index contributed by atoms with van der Waals surface area (Å²) < 4.78 is 25.8. The molecule has 0 radical (unpaired) electrons. The molecule has 0 spiro atoms. The Balaban J connectivity index is 2.20. The number of nitrogens with zero attached hydrogens (tertiary/aromatic N) is 1. The van der Waals surface area contributed by atoms with E-state index in [1.807, 2.05) is 50.2 Å². The van der Waals surface area contributed by atoms with Gasteiger partial charge in [0.15, 0.2) is 0 Å². The van der Waals surface area contributed by atoms with Crippen molar-refractivity contribution >= 4 is 21.6 Å². The first-order valence-electron chi connectivity index (χ1n) is 9.08. The average molecular weight is 389 g/mol. The molecule has 27 heavy (non-hydrogen) atoms. The van der Waals surface area contributed by atoms with Gasteiger partial charge in [0.05, 0.1) is 18.0 Å². The van der Waals surface area contributed by atoms with Crippen molar-refractivity contribution in [2.24, 2.45) is 0 Å². The number of nitrogens with one attached hydrogen (secondary N) is 1. The van der Waals surface area contributed by atoms with Crippen molar-refractivity contribution in [3.8, 4) is 0 Å². The molecule has 2 aromatic rings. The van der Waals surface area contributed by atoms with E-state index in [1.54, 1.807) is 19.1 Å². The predicted molar refractivity (Wildman–Crippen MR) is 110 cm³/mol. The van der Waals surface area contributed by atoms with E-state index in [-0.39, 0.29) is 11.9 Å². The molecule has 1 N–H and O–H groups in total. The molecule has 2 rings (SSSR count). The molecule has 0 aromatic heterocycles. The summed E-state index contributed by atoms with van der Waals surface area (Å²) in [5.74, 6) is -0.340. The van der Waals surface area contributed by atoms with Crippen LogP contribution in [0.15, 0.2) is 48.5 Å². The standard InChI is InChI=1S/C21H28N2O3S/c1-6-18-9-11-19(12-10-18)16(3)22-21(24)17(4)23(27(5,25)26)20-13-7-15(2)8-14-20/h7-14,16-17H,6H2,1-5H3,(H,22,24)/t16-,17-/m1/s1. The van der Waals surface area contributed by atoms with Crippen LogP contribution in [0.1, 0.15) is 43.5 Å². The van der Waals surface area contributed by atoms with Crippen LogP contribution in [0.3, 0.4) is 0 Å². The van der Waals surface area contributed by atoms with E-state index in [0.717, 1.165) is 28.1 Å². The summed E-state index contributed by atoms with van der Waals surface area (Å²) in [6.07, 6.45) is 2.07. The van der Waals surface area contributed by atoms with E-state index in [0.29, 0.717) is 5.69 Å². The SMILES string of the molecule is CCc1ccc([C@@H](C)NC(=O)[C@@H](C)N(c2ccc(C)cc2)S(C)(=O)=O)cc1. The minimum absolute atomic E-state index is 0.217. The Labute approximate surface area is 162 Å². The molecule has 0 heterocycles. The number of aryl methyl sites for hydroxylation is 2. The zero-order chi connectivity index (χ0) is 20.2. The number of benzene rings is 2. The molecule has 1 amide bonds. The summed E-state index contributed by atoms with van der Waals surface area (Å²) in [7, 11) is -3.61. The van der Waals surface area contributed by atoms with Crippen molar-refractivity contribution in [1.29, 1.82) is 0 Å². The summed E-state index contributed by atoms with van der Waals surface area (Å²) in [6, 6.07) is 14.1. The highest BCUT2D eigenvalue weighted by Gasteiger charge is 2.29. The van der Waals surface area contributed by atoms with Gasteiger partial charge in [-0.05, 0) is 50.5 Å². The summed E-state index contributed by atoms with van der Waals surface area (Å²) in [4.78, 5) is 12.8. The lowest BCUT2D eigenvalue weighted by molar-refractivity contribution is -0.122. The fourth-order valence-corrected chi connectivity index (χ4v) is 4.13. The quantitative estimate of drug-likeness (QED) is 0.788. The zero-order valence-electron chi connectivity index (χ0n) is 16.6. The van der Waals surface area contributed by atoms with E-state index >= 15 is 0 Å². The first-order valence-corrected chi connectivity index (χ1v) is 10.9. The average Bonchev–Trinajstić information content (AvgIpc) is 2.62. The Morgan fingerprint density at radius 1 is 1.04 bits per heavy atom. The van der Waals surface area contributed by atoms with Gasteiger partial charge in [0.2, 0.25) is 15.9 Å². The highest BCUT2D eigenvalue weighted by atomic mass is 32.2. The molecule has 0 aliphatic heterocycles. The molecule has 0 saturated carbocycles. The van der Waals surface area contributed by atoms with Crippen LogP contribution in [-0.4, -0.2) is 26.6 Å². The van der Waals surface area contributed by atoms with Crippen molar-refractivity contribution in [3.63, 3.8) is 0 Å². The van der Waals surface area contributed by atoms with Crippen LogP contribution in [0, 0.1) is 6.92 Å². The second-order valence-electron chi connectivity index (χ2n) is 6.90. The smallest absolute Gasteiger partial charge is 0.244 e. The minimum Gasteiger partial charge on any atom is -0.348 e. The van der Waals surface area contributed by atoms with Crippen LogP contribution in [0.5, 0.6) is 0 Å². The van der Waals surface area contributed by atoms with Crippen LogP contribution in [0.2, 0.25) is 0 Å². The second kappa shape index (κ2) is 8.57. The van der Waals surface area contributed by atoms with Gasteiger partial charge in [0.1, 0.15) is 6.04 Å². The van der Waals surface area contributed by atoms with Crippen LogP contribution in [0.25, 0.3) is 0 Å². The van der Waals surface area contributed by atoms with Gasteiger partial charge < -0.3 is 5.32 Å². The fourth-order valence-electron chi connectivity index (χ4n) is 2.96. The summed E-state index contributed by atoms with van der Waals surface area (Å²) in [6.45, 7) is 7.51. The Bertz CT molecular complexity index is 875. The van der Waals surface area contributed by atoms with E-state index < -0.39 is 16.1 Å². The maximum absolute atomic E-state index is 12.8. The lowest BCUT2D eigenvalue weighted by Crippen LogP contribution is -2.48. The third kappa shape index (κ3) is 5.32. The summed E-state index contributed by atoms with van der Waals surface area (Å²) >= 11 is 0. The lowest BCUT2D eigenvalue weighted by atomic mass is 10.0. The maximum Gasteiger partial charge on any atom is 0.244 e. The predicted octanol–water partition coefficient (Wildman–Crippen LogP) is 3.59. The van der Waals surface area contributed by atoms with Gasteiger partial charge in [-0.1, -0.05) is 48.9 Å². The molecule has 5 nitrogen and oxygen atoms in total. The van der Waals surface area contributed by atoms with Gasteiger partial charge in [-0.3, -0.25) is 9.10 Å². The molecule has 2 aromatic carbocycles. The van der Waals surface area contributed by atoms with Crippen LogP contribution in [0.4, 0.5) is 5.69 Å². The number of anilines is 1. The van der Waals surface area contributed by atoms with Crippen LogP contribution in [-0.2, 0) is 21.2 Å². The molecular weight excluding hydrogens is 360 g/mol. The highest BCUT2D eigenvalue weighted by Crippen LogP contribution is 2.22. The number of sulfonamides is 1. The number of carbonyl (C=O) groups excluding carboxylic acids is 1. The molecule has 146 valence electrons. The summed E-state index contributed by atoms with van der Waals surface area (Å²) in [5, 5.41) is 2.92.